The van der Waals surface area contributed by atoms with Crippen LogP contribution in [-0.2, 0) is 11.3 Å². The number of hydrogen-bond donors (Lipinski definition) is 4. The standard InChI is InChI=1S/C27H33FN6O3/c1-27(2,37)17-34-16-21(14-30-34)32-26(36)24(12-18-6-3-4-7-18)33-25(35)19-8-5-9-20(13-19)31-23-10-11-29-15-22(23)28/h5,8-11,13-16,18,24,37H,3-4,6-7,12,17H2,1-2H3,(H,29,31)(H,32,36)(H,33,35)/t24-/m0/s1. The number of rotatable bonds is 10. The van der Waals surface area contributed by atoms with Crippen LogP contribution in [0.25, 0.3) is 0 Å². The number of anilines is 3. The van der Waals surface area contributed by atoms with E-state index in [2.05, 4.69) is 26.0 Å². The molecule has 0 radical (unpaired) electrons. The predicted molar refractivity (Wildman–Crippen MR) is 139 cm³/mol. The van der Waals surface area contributed by atoms with Gasteiger partial charge >= 0.3 is 0 Å². The van der Waals surface area contributed by atoms with Gasteiger partial charge in [0.1, 0.15) is 6.04 Å². The fourth-order valence-corrected chi connectivity index (χ4v) is 4.56. The molecule has 9 nitrogen and oxygen atoms in total. The van der Waals surface area contributed by atoms with Crippen molar-refractivity contribution in [1.82, 2.24) is 20.1 Å². The fourth-order valence-electron chi connectivity index (χ4n) is 4.56. The van der Waals surface area contributed by atoms with E-state index in [-0.39, 0.29) is 18.1 Å². The molecular weight excluding hydrogens is 475 g/mol. The lowest BCUT2D eigenvalue weighted by Gasteiger charge is -2.21. The third-order valence-corrected chi connectivity index (χ3v) is 6.29. The van der Waals surface area contributed by atoms with Crippen molar-refractivity contribution in [3.05, 3.63) is 66.5 Å². The lowest BCUT2D eigenvalue weighted by Crippen LogP contribution is -2.44. The number of pyridine rings is 1. The molecule has 4 rings (SSSR count). The quantitative estimate of drug-likeness (QED) is 0.325. The minimum Gasteiger partial charge on any atom is -0.389 e. The van der Waals surface area contributed by atoms with Gasteiger partial charge in [0.2, 0.25) is 5.91 Å². The monoisotopic (exact) mass is 508 g/mol. The average molecular weight is 509 g/mol. The van der Waals surface area contributed by atoms with Crippen LogP contribution >= 0.6 is 0 Å². The normalized spacial score (nSPS) is 14.8. The van der Waals surface area contributed by atoms with Crippen molar-refractivity contribution in [2.45, 2.75) is 64.1 Å². The molecule has 0 unspecified atom stereocenters. The van der Waals surface area contributed by atoms with Crippen LogP contribution in [0.5, 0.6) is 0 Å². The highest BCUT2D eigenvalue weighted by molar-refractivity contribution is 6.01. The van der Waals surface area contributed by atoms with Crippen LogP contribution in [0.15, 0.2) is 55.1 Å². The van der Waals surface area contributed by atoms with E-state index in [4.69, 9.17) is 0 Å². The largest absolute Gasteiger partial charge is 0.389 e. The molecule has 0 bridgehead atoms. The number of aromatic nitrogens is 3. The Morgan fingerprint density at radius 3 is 2.70 bits per heavy atom. The zero-order valence-electron chi connectivity index (χ0n) is 21.1. The molecule has 37 heavy (non-hydrogen) atoms. The number of hydrogen-bond acceptors (Lipinski definition) is 6. The second kappa shape index (κ2) is 11.5. The Morgan fingerprint density at radius 1 is 1.19 bits per heavy atom. The molecule has 10 heteroatoms. The number of amides is 2. The van der Waals surface area contributed by atoms with Gasteiger partial charge in [-0.05, 0) is 50.5 Å². The number of aliphatic hydroxyl groups is 1. The minimum absolute atomic E-state index is 0.246. The number of benzene rings is 1. The second-order valence-electron chi connectivity index (χ2n) is 10.2. The molecule has 0 spiro atoms. The van der Waals surface area contributed by atoms with E-state index >= 15 is 0 Å². The SMILES string of the molecule is CC(C)(O)Cn1cc(NC(=O)[C@H](CC2CCCC2)NC(=O)c2cccc(Nc3ccncc3F)c2)cn1. The third-order valence-electron chi connectivity index (χ3n) is 6.29. The van der Waals surface area contributed by atoms with Gasteiger partial charge in [0.15, 0.2) is 5.82 Å². The molecule has 2 amide bonds. The molecule has 1 aliphatic rings. The summed E-state index contributed by atoms with van der Waals surface area (Å²) >= 11 is 0. The van der Waals surface area contributed by atoms with E-state index < -0.39 is 23.4 Å². The van der Waals surface area contributed by atoms with Crippen molar-refractivity contribution < 1.29 is 19.1 Å². The van der Waals surface area contributed by atoms with Gasteiger partial charge in [0.25, 0.3) is 5.91 Å². The topological polar surface area (TPSA) is 121 Å². The number of halogens is 1. The van der Waals surface area contributed by atoms with Crippen molar-refractivity contribution in [1.29, 1.82) is 0 Å². The maximum absolute atomic E-state index is 14.0. The molecular formula is C27H33FN6O3. The summed E-state index contributed by atoms with van der Waals surface area (Å²) in [5.41, 5.74) is 0.677. The van der Waals surface area contributed by atoms with E-state index in [0.29, 0.717) is 29.3 Å². The average Bonchev–Trinajstić information content (AvgIpc) is 3.51. The van der Waals surface area contributed by atoms with Gasteiger partial charge in [-0.2, -0.15) is 5.10 Å². The summed E-state index contributed by atoms with van der Waals surface area (Å²) in [6.45, 7) is 3.63. The maximum atomic E-state index is 14.0. The van der Waals surface area contributed by atoms with Crippen LogP contribution in [0.2, 0.25) is 0 Å². The smallest absolute Gasteiger partial charge is 0.252 e. The summed E-state index contributed by atoms with van der Waals surface area (Å²) in [6, 6.07) is 7.45. The highest BCUT2D eigenvalue weighted by Gasteiger charge is 2.27. The van der Waals surface area contributed by atoms with Gasteiger partial charge < -0.3 is 21.1 Å². The molecule has 1 fully saturated rings. The number of nitrogens with zero attached hydrogens (tertiary/aromatic N) is 3. The van der Waals surface area contributed by atoms with Crippen LogP contribution < -0.4 is 16.0 Å². The van der Waals surface area contributed by atoms with Crippen molar-refractivity contribution >= 4 is 28.9 Å². The number of carbonyl (C=O) groups is 2. The maximum Gasteiger partial charge on any atom is 0.252 e. The minimum atomic E-state index is -0.946. The lowest BCUT2D eigenvalue weighted by atomic mass is 9.97. The predicted octanol–water partition coefficient (Wildman–Crippen LogP) is 4.25. The van der Waals surface area contributed by atoms with Crippen LogP contribution in [0.4, 0.5) is 21.5 Å². The summed E-state index contributed by atoms with van der Waals surface area (Å²) in [4.78, 5) is 30.1. The molecule has 4 N–H and O–H groups in total. The molecule has 1 atom stereocenters. The molecule has 0 saturated heterocycles. The van der Waals surface area contributed by atoms with Gasteiger partial charge in [0.05, 0.1) is 35.9 Å². The Hall–Kier alpha value is -3.79. The Morgan fingerprint density at radius 2 is 1.97 bits per heavy atom. The number of carbonyl (C=O) groups excluding carboxylic acids is 2. The first-order valence-corrected chi connectivity index (χ1v) is 12.5. The summed E-state index contributed by atoms with van der Waals surface area (Å²) in [5.74, 6) is -0.862. The first kappa shape index (κ1) is 26.3. The van der Waals surface area contributed by atoms with Crippen molar-refractivity contribution in [2.24, 2.45) is 5.92 Å². The van der Waals surface area contributed by atoms with Crippen molar-refractivity contribution in [3.63, 3.8) is 0 Å². The van der Waals surface area contributed by atoms with Gasteiger partial charge in [-0.3, -0.25) is 19.3 Å². The highest BCUT2D eigenvalue weighted by atomic mass is 19.1. The summed E-state index contributed by atoms with van der Waals surface area (Å²) in [7, 11) is 0. The van der Waals surface area contributed by atoms with Crippen molar-refractivity contribution in [3.8, 4) is 0 Å². The lowest BCUT2D eigenvalue weighted by molar-refractivity contribution is -0.118. The van der Waals surface area contributed by atoms with Crippen LogP contribution in [0, 0.1) is 11.7 Å². The molecule has 1 saturated carbocycles. The Kier molecular flexibility index (Phi) is 8.17. The van der Waals surface area contributed by atoms with Crippen LogP contribution in [-0.4, -0.2) is 43.3 Å². The van der Waals surface area contributed by atoms with Gasteiger partial charge in [0, 0.05) is 23.6 Å². The van der Waals surface area contributed by atoms with Crippen LogP contribution in [0.3, 0.4) is 0 Å². The summed E-state index contributed by atoms with van der Waals surface area (Å²) < 4.78 is 15.5. The molecule has 3 aromatic rings. The fraction of sp³-hybridized carbons (Fsp3) is 0.407. The van der Waals surface area contributed by atoms with E-state index in [1.165, 1.54) is 18.5 Å². The zero-order chi connectivity index (χ0) is 26.4. The zero-order valence-corrected chi connectivity index (χ0v) is 21.1. The van der Waals surface area contributed by atoms with Gasteiger partial charge in [-0.1, -0.05) is 31.7 Å². The Bertz CT molecular complexity index is 1230. The van der Waals surface area contributed by atoms with Gasteiger partial charge in [-0.25, -0.2) is 4.39 Å². The molecule has 2 aromatic heterocycles. The van der Waals surface area contributed by atoms with Crippen molar-refractivity contribution in [2.75, 3.05) is 10.6 Å². The first-order chi connectivity index (χ1) is 17.7. The molecule has 196 valence electrons. The second-order valence-corrected chi connectivity index (χ2v) is 10.2. The molecule has 1 aliphatic carbocycles. The highest BCUT2D eigenvalue weighted by Crippen LogP contribution is 2.29. The molecule has 2 heterocycles. The first-order valence-electron chi connectivity index (χ1n) is 12.5. The molecule has 0 aliphatic heterocycles. The molecule has 1 aromatic carbocycles. The van der Waals surface area contributed by atoms with E-state index in [1.807, 2.05) is 0 Å². The summed E-state index contributed by atoms with van der Waals surface area (Å²) in [5, 5.41) is 22.9. The Labute approximate surface area is 215 Å². The van der Waals surface area contributed by atoms with E-state index in [0.717, 1.165) is 31.9 Å². The number of nitrogens with one attached hydrogen (secondary N) is 3. The van der Waals surface area contributed by atoms with E-state index in [1.54, 1.807) is 49.0 Å². The van der Waals surface area contributed by atoms with Crippen LogP contribution in [0.1, 0.15) is 56.3 Å². The Balaban J connectivity index is 1.45. The van der Waals surface area contributed by atoms with E-state index in [9.17, 15) is 19.1 Å². The summed E-state index contributed by atoms with van der Waals surface area (Å²) in [6.07, 6.45) is 10.6. The third kappa shape index (κ3) is 7.60. The van der Waals surface area contributed by atoms with Gasteiger partial charge in [-0.15, -0.1) is 0 Å².